The number of rotatable bonds is 4. The molecule has 0 amide bonds. The van der Waals surface area contributed by atoms with Crippen molar-refractivity contribution in [3.05, 3.63) is 28.8 Å². The van der Waals surface area contributed by atoms with E-state index in [1.165, 1.54) is 16.7 Å². The number of benzene rings is 1. The zero-order valence-corrected chi connectivity index (χ0v) is 10.7. The lowest BCUT2D eigenvalue weighted by Gasteiger charge is -2.13. The molecule has 3 heteroatoms. The van der Waals surface area contributed by atoms with Gasteiger partial charge in [-0.25, -0.2) is 0 Å². The zero-order valence-electron chi connectivity index (χ0n) is 9.89. The van der Waals surface area contributed by atoms with Crippen LogP contribution in [0.25, 0.3) is 0 Å². The van der Waals surface area contributed by atoms with Crippen molar-refractivity contribution in [3.63, 3.8) is 0 Å². The Balaban J connectivity index is 2.88. The molecule has 1 aromatic carbocycles. The molecule has 0 aliphatic rings. The van der Waals surface area contributed by atoms with Gasteiger partial charge in [0.25, 0.3) is 0 Å². The molecule has 84 valence electrons. The molecule has 2 nitrogen and oxygen atoms in total. The molecule has 1 unspecified atom stereocenters. The van der Waals surface area contributed by atoms with Gasteiger partial charge in [-0.15, -0.1) is 0 Å². The highest BCUT2D eigenvalue weighted by molar-refractivity contribution is 7.90. The van der Waals surface area contributed by atoms with E-state index in [0.29, 0.717) is 0 Å². The minimum absolute atomic E-state index is 0.705. The minimum atomic E-state index is -0.705. The fourth-order valence-electron chi connectivity index (χ4n) is 1.78. The van der Waals surface area contributed by atoms with Gasteiger partial charge in [0.05, 0.1) is 6.26 Å². The van der Waals surface area contributed by atoms with Gasteiger partial charge in [0, 0.05) is 19.2 Å². The Hall–Kier alpha value is -0.670. The molecule has 1 N–H and O–H groups in total. The average Bonchev–Trinajstić information content (AvgIpc) is 2.15. The van der Waals surface area contributed by atoms with E-state index in [0.717, 1.165) is 17.9 Å². The van der Waals surface area contributed by atoms with Crippen LogP contribution in [0.3, 0.4) is 0 Å². The smallest absolute Gasteiger partial charge is 0.109 e. The largest absolute Gasteiger partial charge is 0.617 e. The molecule has 1 rings (SSSR count). The van der Waals surface area contributed by atoms with Crippen molar-refractivity contribution >= 4 is 16.9 Å². The van der Waals surface area contributed by atoms with Crippen molar-refractivity contribution in [1.82, 2.24) is 0 Å². The van der Waals surface area contributed by atoms with Gasteiger partial charge in [-0.2, -0.15) is 0 Å². The van der Waals surface area contributed by atoms with Gasteiger partial charge in [0.1, 0.15) is 5.75 Å². The molecule has 0 aromatic heterocycles. The molecular weight excluding hydrogens is 206 g/mol. The standard InChI is InChI=1S/C12H19NOS/c1-9-7-11(13-3)8-10(2)12(9)5-6-15(4)14/h7-8,13H,5-6H2,1-4H3. The third-order valence-electron chi connectivity index (χ3n) is 2.62. The van der Waals surface area contributed by atoms with Crippen LogP contribution in [0, 0.1) is 13.8 Å². The van der Waals surface area contributed by atoms with Crippen LogP contribution >= 0.6 is 0 Å². The molecular formula is C12H19NOS. The Bertz CT molecular complexity index is 313. The Labute approximate surface area is 95.3 Å². The molecule has 0 radical (unpaired) electrons. The second kappa shape index (κ2) is 5.42. The van der Waals surface area contributed by atoms with Crippen LogP contribution in [0.2, 0.25) is 0 Å². The summed E-state index contributed by atoms with van der Waals surface area (Å²) in [6, 6.07) is 4.28. The Morgan fingerprint density at radius 1 is 1.27 bits per heavy atom. The molecule has 0 aliphatic heterocycles. The van der Waals surface area contributed by atoms with Crippen molar-refractivity contribution in [2.45, 2.75) is 20.3 Å². The SMILES string of the molecule is CNc1cc(C)c(CC[S+](C)[O-])c(C)c1. The quantitative estimate of drug-likeness (QED) is 0.798. The number of hydrogen-bond donors (Lipinski definition) is 1. The van der Waals surface area contributed by atoms with E-state index in [2.05, 4.69) is 31.3 Å². The highest BCUT2D eigenvalue weighted by atomic mass is 32.2. The summed E-state index contributed by atoms with van der Waals surface area (Å²) in [6.07, 6.45) is 2.66. The molecule has 15 heavy (non-hydrogen) atoms. The Morgan fingerprint density at radius 2 is 1.80 bits per heavy atom. The third-order valence-corrected chi connectivity index (χ3v) is 3.40. The van der Waals surface area contributed by atoms with Gasteiger partial charge in [-0.1, -0.05) is 11.2 Å². The predicted molar refractivity (Wildman–Crippen MR) is 68.1 cm³/mol. The Morgan fingerprint density at radius 3 is 2.20 bits per heavy atom. The van der Waals surface area contributed by atoms with E-state index in [-0.39, 0.29) is 0 Å². The maximum Gasteiger partial charge on any atom is 0.109 e. The van der Waals surface area contributed by atoms with Crippen LogP contribution in [0.4, 0.5) is 5.69 Å². The predicted octanol–water partition coefficient (Wildman–Crippen LogP) is 2.27. The number of hydrogen-bond acceptors (Lipinski definition) is 2. The highest BCUT2D eigenvalue weighted by Crippen LogP contribution is 2.20. The summed E-state index contributed by atoms with van der Waals surface area (Å²) in [6.45, 7) is 4.23. The summed E-state index contributed by atoms with van der Waals surface area (Å²) >= 11 is -0.705. The molecule has 0 saturated heterocycles. The highest BCUT2D eigenvalue weighted by Gasteiger charge is 2.07. The molecule has 0 heterocycles. The van der Waals surface area contributed by atoms with Crippen LogP contribution < -0.4 is 5.32 Å². The maximum absolute atomic E-state index is 11.1. The molecule has 1 aromatic rings. The van der Waals surface area contributed by atoms with Crippen LogP contribution in [0.1, 0.15) is 16.7 Å². The normalized spacial score (nSPS) is 12.6. The van der Waals surface area contributed by atoms with Crippen molar-refractivity contribution < 1.29 is 4.55 Å². The molecule has 0 fully saturated rings. The summed E-state index contributed by atoms with van der Waals surface area (Å²) < 4.78 is 11.1. The lowest BCUT2D eigenvalue weighted by Crippen LogP contribution is -2.08. The van der Waals surface area contributed by atoms with Crippen molar-refractivity contribution in [2.24, 2.45) is 0 Å². The Kier molecular flexibility index (Phi) is 4.48. The molecule has 0 spiro atoms. The van der Waals surface area contributed by atoms with E-state index in [4.69, 9.17) is 0 Å². The van der Waals surface area contributed by atoms with Gasteiger partial charge < -0.3 is 9.87 Å². The molecule has 0 saturated carbocycles. The van der Waals surface area contributed by atoms with Crippen LogP contribution in [-0.2, 0) is 17.6 Å². The molecule has 0 bridgehead atoms. The first-order valence-electron chi connectivity index (χ1n) is 5.12. The van der Waals surface area contributed by atoms with E-state index in [9.17, 15) is 4.55 Å². The first-order valence-corrected chi connectivity index (χ1v) is 6.85. The van der Waals surface area contributed by atoms with E-state index in [1.54, 1.807) is 6.26 Å². The van der Waals surface area contributed by atoms with Crippen LogP contribution in [0.15, 0.2) is 12.1 Å². The minimum Gasteiger partial charge on any atom is -0.617 e. The van der Waals surface area contributed by atoms with Crippen molar-refractivity contribution in [2.75, 3.05) is 24.4 Å². The number of anilines is 1. The second-order valence-electron chi connectivity index (χ2n) is 3.87. The third kappa shape index (κ3) is 3.43. The van der Waals surface area contributed by atoms with Gasteiger partial charge in [-0.3, -0.25) is 0 Å². The average molecular weight is 225 g/mol. The van der Waals surface area contributed by atoms with Gasteiger partial charge >= 0.3 is 0 Å². The fourth-order valence-corrected chi connectivity index (χ4v) is 2.27. The topological polar surface area (TPSA) is 35.1 Å². The van der Waals surface area contributed by atoms with Crippen LogP contribution in [-0.4, -0.2) is 23.6 Å². The van der Waals surface area contributed by atoms with E-state index < -0.39 is 11.2 Å². The summed E-state index contributed by atoms with van der Waals surface area (Å²) in [7, 11) is 1.93. The molecule has 0 aliphatic carbocycles. The zero-order chi connectivity index (χ0) is 11.4. The summed E-state index contributed by atoms with van der Waals surface area (Å²) in [5.41, 5.74) is 5.05. The van der Waals surface area contributed by atoms with Crippen molar-refractivity contribution in [3.8, 4) is 0 Å². The fraction of sp³-hybridized carbons (Fsp3) is 0.500. The second-order valence-corrected chi connectivity index (χ2v) is 5.42. The summed E-state index contributed by atoms with van der Waals surface area (Å²) in [5.74, 6) is 0.751. The summed E-state index contributed by atoms with van der Waals surface area (Å²) in [5, 5.41) is 3.14. The molecule has 1 atom stereocenters. The monoisotopic (exact) mass is 225 g/mol. The van der Waals surface area contributed by atoms with Crippen molar-refractivity contribution in [1.29, 1.82) is 0 Å². The first kappa shape index (κ1) is 12.4. The lowest BCUT2D eigenvalue weighted by atomic mass is 10.00. The van der Waals surface area contributed by atoms with Gasteiger partial charge in [-0.05, 0) is 42.7 Å². The first-order chi connectivity index (χ1) is 7.04. The van der Waals surface area contributed by atoms with Gasteiger partial charge in [0.15, 0.2) is 0 Å². The number of nitrogens with one attached hydrogen (secondary N) is 1. The van der Waals surface area contributed by atoms with E-state index in [1.807, 2.05) is 7.05 Å². The van der Waals surface area contributed by atoms with E-state index >= 15 is 0 Å². The van der Waals surface area contributed by atoms with Crippen LogP contribution in [0.5, 0.6) is 0 Å². The van der Waals surface area contributed by atoms with Gasteiger partial charge in [0.2, 0.25) is 0 Å². The lowest BCUT2D eigenvalue weighted by molar-refractivity contribution is 0.600. The number of aryl methyl sites for hydroxylation is 2. The maximum atomic E-state index is 11.1. The summed E-state index contributed by atoms with van der Waals surface area (Å²) in [4.78, 5) is 0.